The lowest BCUT2D eigenvalue weighted by atomic mass is 10.1. The van der Waals surface area contributed by atoms with E-state index in [1.807, 2.05) is 0 Å². The first kappa shape index (κ1) is 24.9. The molecule has 0 bridgehead atoms. The normalized spacial score (nSPS) is 11.5. The van der Waals surface area contributed by atoms with Gasteiger partial charge in [0.2, 0.25) is 0 Å². The van der Waals surface area contributed by atoms with Gasteiger partial charge in [0, 0.05) is 23.9 Å². The molecule has 0 unspecified atom stereocenters. The van der Waals surface area contributed by atoms with Crippen LogP contribution in [0, 0.1) is 11.6 Å². The first-order valence-electron chi connectivity index (χ1n) is 11.2. The highest BCUT2D eigenvalue weighted by atomic mass is 19.4. The highest BCUT2D eigenvalue weighted by molar-refractivity contribution is 5.68. The Bertz CT molecular complexity index is 1600. The number of nitrogens with one attached hydrogen (secondary N) is 2. The van der Waals surface area contributed by atoms with E-state index in [0.717, 1.165) is 12.3 Å². The van der Waals surface area contributed by atoms with Crippen molar-refractivity contribution in [2.24, 2.45) is 0 Å². The Morgan fingerprint density at radius 3 is 2.37 bits per heavy atom. The third kappa shape index (κ3) is 5.19. The zero-order valence-electron chi connectivity index (χ0n) is 19.7. The molecule has 0 aliphatic heterocycles. The molecule has 0 radical (unpaired) electrons. The molecule has 3 heterocycles. The van der Waals surface area contributed by atoms with Gasteiger partial charge in [-0.2, -0.15) is 13.2 Å². The van der Waals surface area contributed by atoms with Crippen molar-refractivity contribution in [3.8, 4) is 17.0 Å². The monoisotopic (exact) mass is 526 g/mol. The molecule has 5 rings (SSSR count). The van der Waals surface area contributed by atoms with Crippen molar-refractivity contribution in [1.29, 1.82) is 0 Å². The fourth-order valence-electron chi connectivity index (χ4n) is 3.87. The van der Waals surface area contributed by atoms with Crippen LogP contribution < -0.4 is 15.4 Å². The predicted molar refractivity (Wildman–Crippen MR) is 131 cm³/mol. The van der Waals surface area contributed by atoms with Gasteiger partial charge < -0.3 is 19.8 Å². The average molecular weight is 526 g/mol. The van der Waals surface area contributed by atoms with Crippen molar-refractivity contribution in [2.45, 2.75) is 12.7 Å². The molecule has 2 N–H and O–H groups in total. The van der Waals surface area contributed by atoms with Gasteiger partial charge in [-0.3, -0.25) is 0 Å². The van der Waals surface area contributed by atoms with Crippen LogP contribution in [0.25, 0.3) is 16.9 Å². The van der Waals surface area contributed by atoms with Crippen molar-refractivity contribution < 1.29 is 26.7 Å². The van der Waals surface area contributed by atoms with Crippen molar-refractivity contribution in [3.63, 3.8) is 0 Å². The summed E-state index contributed by atoms with van der Waals surface area (Å²) in [5, 5.41) is 6.10. The minimum absolute atomic E-state index is 0.0332. The maximum absolute atomic E-state index is 13.5. The number of methoxy groups -OCH3 is 1. The number of pyridine rings is 1. The maximum atomic E-state index is 13.5. The highest BCUT2D eigenvalue weighted by Gasteiger charge is 2.31. The summed E-state index contributed by atoms with van der Waals surface area (Å²) in [7, 11) is 1.41. The van der Waals surface area contributed by atoms with Crippen LogP contribution in [-0.4, -0.2) is 26.5 Å². The quantitative estimate of drug-likeness (QED) is 0.237. The van der Waals surface area contributed by atoms with Gasteiger partial charge in [0.1, 0.15) is 41.0 Å². The molecule has 0 fully saturated rings. The van der Waals surface area contributed by atoms with Gasteiger partial charge in [0.05, 0.1) is 36.3 Å². The van der Waals surface area contributed by atoms with Crippen molar-refractivity contribution in [3.05, 3.63) is 96.1 Å². The van der Waals surface area contributed by atoms with E-state index in [1.54, 1.807) is 6.07 Å². The van der Waals surface area contributed by atoms with Crippen LogP contribution in [0.5, 0.6) is 5.75 Å². The van der Waals surface area contributed by atoms with E-state index >= 15 is 0 Å². The predicted octanol–water partition coefficient (Wildman–Crippen LogP) is 6.45. The zero-order chi connectivity index (χ0) is 26.9. The Labute approximate surface area is 213 Å². The maximum Gasteiger partial charge on any atom is 0.417 e. The molecule has 0 amide bonds. The molecule has 5 aromatic rings. The number of alkyl halides is 3. The molecule has 7 nitrogen and oxygen atoms in total. The number of rotatable bonds is 7. The summed E-state index contributed by atoms with van der Waals surface area (Å²) < 4.78 is 73.8. The van der Waals surface area contributed by atoms with Crippen LogP contribution in [0.2, 0.25) is 0 Å². The number of benzene rings is 2. The summed E-state index contributed by atoms with van der Waals surface area (Å²) >= 11 is 0. The van der Waals surface area contributed by atoms with Gasteiger partial charge in [-0.15, -0.1) is 0 Å². The molecule has 0 atom stereocenters. The minimum Gasteiger partial charge on any atom is -0.494 e. The van der Waals surface area contributed by atoms with Crippen molar-refractivity contribution in [2.75, 3.05) is 17.7 Å². The summed E-state index contributed by atoms with van der Waals surface area (Å²) in [5.74, 6) is 0.0824. The van der Waals surface area contributed by atoms with Gasteiger partial charge >= 0.3 is 6.18 Å². The molecule has 2 aromatic carbocycles. The van der Waals surface area contributed by atoms with Gasteiger partial charge in [-0.05, 0) is 48.5 Å². The first-order valence-corrected chi connectivity index (χ1v) is 11.2. The second-order valence-corrected chi connectivity index (χ2v) is 8.17. The summed E-state index contributed by atoms with van der Waals surface area (Å²) in [6.07, 6.45) is -2.29. The average Bonchev–Trinajstić information content (AvgIpc) is 3.26. The van der Waals surface area contributed by atoms with Crippen molar-refractivity contribution in [1.82, 2.24) is 19.4 Å². The lowest BCUT2D eigenvalue weighted by Gasteiger charge is -2.12. The van der Waals surface area contributed by atoms with E-state index in [9.17, 15) is 22.0 Å². The Hall–Kier alpha value is -4.74. The number of anilines is 3. The Balaban J connectivity index is 1.47. The summed E-state index contributed by atoms with van der Waals surface area (Å²) in [4.78, 5) is 12.8. The van der Waals surface area contributed by atoms with Crippen molar-refractivity contribution >= 4 is 23.0 Å². The van der Waals surface area contributed by atoms with E-state index in [4.69, 9.17) is 4.74 Å². The molecule has 0 spiro atoms. The van der Waals surface area contributed by atoms with E-state index < -0.39 is 23.4 Å². The molecule has 12 heteroatoms. The number of halogens is 5. The zero-order valence-corrected chi connectivity index (χ0v) is 19.7. The summed E-state index contributed by atoms with van der Waals surface area (Å²) in [6, 6.07) is 13.3. The lowest BCUT2D eigenvalue weighted by Crippen LogP contribution is -2.09. The largest absolute Gasteiger partial charge is 0.494 e. The Morgan fingerprint density at radius 1 is 0.895 bits per heavy atom. The second kappa shape index (κ2) is 9.96. The van der Waals surface area contributed by atoms with Crippen LogP contribution >= 0.6 is 0 Å². The van der Waals surface area contributed by atoms with Crippen LogP contribution in [0.3, 0.4) is 0 Å². The number of fused-ring (bicyclic) bond motifs is 1. The number of ether oxygens (including phenoxy) is 1. The van der Waals surface area contributed by atoms with Crippen LogP contribution in [0.15, 0.2) is 73.2 Å². The number of aromatic nitrogens is 4. The third-order valence-corrected chi connectivity index (χ3v) is 5.69. The lowest BCUT2D eigenvalue weighted by molar-refractivity contribution is -0.137. The molecule has 194 valence electrons. The molecule has 0 saturated carbocycles. The van der Waals surface area contributed by atoms with Gasteiger partial charge in [-0.1, -0.05) is 0 Å². The van der Waals surface area contributed by atoms with Crippen LogP contribution in [0.1, 0.15) is 11.3 Å². The molecular weight excluding hydrogens is 507 g/mol. The molecule has 3 aromatic heterocycles. The number of hydrogen-bond acceptors (Lipinski definition) is 6. The number of imidazole rings is 1. The number of nitrogens with zero attached hydrogens (tertiary/aromatic N) is 4. The third-order valence-electron chi connectivity index (χ3n) is 5.69. The minimum atomic E-state index is -4.55. The Kier molecular flexibility index (Phi) is 6.53. The molecule has 0 saturated heterocycles. The SMILES string of the molecule is COc1cc(F)ccc1Nc1cc(NCc2c(-c3ccc(F)cc3)nc3ccc(C(F)(F)F)cn23)ncn1. The fraction of sp³-hybridized carbons (Fsp3) is 0.115. The fourth-order valence-corrected chi connectivity index (χ4v) is 3.87. The van der Waals surface area contributed by atoms with Gasteiger partial charge in [0.15, 0.2) is 0 Å². The van der Waals surface area contributed by atoms with E-state index in [1.165, 1.54) is 66.4 Å². The van der Waals surface area contributed by atoms with E-state index in [0.29, 0.717) is 39.9 Å². The summed E-state index contributed by atoms with van der Waals surface area (Å²) in [6.45, 7) is 0.0332. The number of hydrogen-bond donors (Lipinski definition) is 2. The first-order chi connectivity index (χ1) is 18.2. The second-order valence-electron chi connectivity index (χ2n) is 8.17. The molecule has 0 aliphatic carbocycles. The van der Waals surface area contributed by atoms with Gasteiger partial charge in [0.25, 0.3) is 0 Å². The standard InChI is InChI=1S/C26H19F5N6O/c1-38-21-10-18(28)7-8-19(21)35-23-11-22(33-14-34-23)32-12-20-25(15-2-5-17(27)6-3-15)36-24-9-4-16(13-37(20)24)26(29,30)31/h2-11,13-14H,12H2,1H3,(H2,32,33,34,35). The molecule has 0 aliphatic rings. The Morgan fingerprint density at radius 2 is 1.63 bits per heavy atom. The highest BCUT2D eigenvalue weighted by Crippen LogP contribution is 2.32. The smallest absolute Gasteiger partial charge is 0.417 e. The van der Waals surface area contributed by atoms with Crippen LogP contribution in [0.4, 0.5) is 39.3 Å². The topological polar surface area (TPSA) is 76.4 Å². The van der Waals surface area contributed by atoms with Crippen LogP contribution in [-0.2, 0) is 12.7 Å². The van der Waals surface area contributed by atoms with E-state index in [-0.39, 0.29) is 12.3 Å². The summed E-state index contributed by atoms with van der Waals surface area (Å²) in [5.41, 5.74) is 1.26. The molecular formula is C26H19F5N6O. The molecule has 38 heavy (non-hydrogen) atoms. The van der Waals surface area contributed by atoms with E-state index in [2.05, 4.69) is 25.6 Å². The van der Waals surface area contributed by atoms with Gasteiger partial charge in [-0.25, -0.2) is 23.7 Å².